The summed E-state index contributed by atoms with van der Waals surface area (Å²) < 4.78 is 24.7. The molecule has 0 amide bonds. The Kier molecular flexibility index (Phi) is 21.9. The molecule has 40 heavy (non-hydrogen) atoms. The van der Waals surface area contributed by atoms with E-state index >= 15 is 0 Å². The zero-order valence-electron chi connectivity index (χ0n) is 22.6. The summed E-state index contributed by atoms with van der Waals surface area (Å²) in [7, 11) is 4.10. The van der Waals surface area contributed by atoms with E-state index in [0.717, 1.165) is 31.2 Å². The topological polar surface area (TPSA) is 133 Å². The van der Waals surface area contributed by atoms with Crippen LogP contribution >= 0.6 is 18.5 Å². The fourth-order valence-corrected chi connectivity index (χ4v) is 2.50. The van der Waals surface area contributed by atoms with Crippen molar-refractivity contribution >= 4 is 53.5 Å². The van der Waals surface area contributed by atoms with Crippen LogP contribution in [0.1, 0.15) is 55.5 Å². The van der Waals surface area contributed by atoms with E-state index in [1.807, 2.05) is 18.5 Å². The average molecular weight is 597 g/mol. The summed E-state index contributed by atoms with van der Waals surface area (Å²) >= 11 is 0. The first-order valence-corrected chi connectivity index (χ1v) is 13.3. The Morgan fingerprint density at radius 3 is 1.80 bits per heavy atom. The van der Waals surface area contributed by atoms with Gasteiger partial charge in [-0.25, -0.2) is 14.7 Å². The number of carbonyl (C=O) groups excluding carboxylic acids is 3. The number of unbranched alkanes of at least 4 members (excludes halogenated alkanes) is 3. The summed E-state index contributed by atoms with van der Waals surface area (Å²) in [5, 5.41) is 3.66. The molecule has 2 aromatic carbocycles. The number of benzene rings is 2. The van der Waals surface area contributed by atoms with Crippen molar-refractivity contribution in [1.82, 2.24) is 0 Å². The van der Waals surface area contributed by atoms with Crippen LogP contribution < -0.4 is 5.90 Å². The first-order valence-electron chi connectivity index (χ1n) is 12.2. The summed E-state index contributed by atoms with van der Waals surface area (Å²) in [6, 6.07) is 11.3. The van der Waals surface area contributed by atoms with Gasteiger partial charge >= 0.3 is 0 Å². The maximum atomic E-state index is 12.6. The maximum absolute atomic E-state index is 12.6. The van der Waals surface area contributed by atoms with Crippen LogP contribution in [-0.4, -0.2) is 54.9 Å². The van der Waals surface area contributed by atoms with E-state index in [0.29, 0.717) is 36.5 Å². The van der Waals surface area contributed by atoms with Crippen molar-refractivity contribution in [1.29, 1.82) is 0 Å². The normalized spacial score (nSPS) is 11.2. The minimum Gasteiger partial charge on any atom is -0.395 e. The maximum Gasteiger partial charge on any atom is 0.195 e. The van der Waals surface area contributed by atoms with Crippen LogP contribution in [0.4, 0.5) is 8.78 Å². The minimum absolute atomic E-state index is 0.142. The molecule has 0 aliphatic heterocycles. The third-order valence-electron chi connectivity index (χ3n) is 4.67. The Bertz CT molecular complexity index is 1110. The lowest BCUT2D eigenvalue weighted by atomic mass is 10.2. The number of rotatable bonds is 14. The quantitative estimate of drug-likeness (QED) is 0.108. The lowest BCUT2D eigenvalue weighted by molar-refractivity contribution is -0.106. The highest BCUT2D eigenvalue weighted by Crippen LogP contribution is 2.02. The number of aldehydes is 1. The Morgan fingerprint density at radius 1 is 0.825 bits per heavy atom. The zero-order valence-corrected chi connectivity index (χ0v) is 24.9. The molecule has 9 nitrogen and oxygen atoms in total. The molecule has 218 valence electrons. The molecule has 0 bridgehead atoms. The summed E-state index contributed by atoms with van der Waals surface area (Å²) in [4.78, 5) is 48.8. The highest BCUT2D eigenvalue weighted by molar-refractivity contribution is 7.45. The van der Waals surface area contributed by atoms with Gasteiger partial charge in [-0.3, -0.25) is 24.4 Å². The third-order valence-corrected chi connectivity index (χ3v) is 5.50. The number of aliphatic imine (C=N–C) groups is 2. The van der Waals surface area contributed by atoms with Crippen LogP contribution in [0.25, 0.3) is 0 Å². The molecule has 0 saturated heterocycles. The molecule has 0 saturated carbocycles. The zero-order chi connectivity index (χ0) is 30.2. The number of hydrogen-bond donors (Lipinski definition) is 1. The van der Waals surface area contributed by atoms with Crippen molar-refractivity contribution in [2.75, 3.05) is 19.9 Å². The second-order valence-corrected chi connectivity index (χ2v) is 8.99. The van der Waals surface area contributed by atoms with Crippen molar-refractivity contribution in [3.05, 3.63) is 71.3 Å². The molecule has 2 rings (SSSR count). The highest BCUT2D eigenvalue weighted by Gasteiger charge is 1.98. The van der Waals surface area contributed by atoms with Gasteiger partial charge in [0.05, 0.1) is 12.3 Å². The molecule has 0 spiro atoms. The molecule has 0 fully saturated rings. The van der Waals surface area contributed by atoms with Gasteiger partial charge in [-0.05, 0) is 75.1 Å². The highest BCUT2D eigenvalue weighted by atomic mass is 31.0. The Labute approximate surface area is 238 Å². The largest absolute Gasteiger partial charge is 0.395 e. The van der Waals surface area contributed by atoms with Crippen molar-refractivity contribution in [2.45, 2.75) is 39.5 Å². The van der Waals surface area contributed by atoms with Crippen molar-refractivity contribution in [3.63, 3.8) is 0 Å². The van der Waals surface area contributed by atoms with Crippen LogP contribution in [0.5, 0.6) is 0 Å². The summed E-state index contributed by atoms with van der Waals surface area (Å²) in [5.74, 6) is 4.28. The van der Waals surface area contributed by atoms with Crippen molar-refractivity contribution in [3.8, 4) is 0 Å². The van der Waals surface area contributed by atoms with Crippen LogP contribution in [0.2, 0.25) is 0 Å². The number of oxime groups is 1. The number of nitrogens with two attached hydrogens (primary N) is 1. The second kappa shape index (κ2) is 23.8. The standard InChI is InChI=1S/C11H12FN2OP.C9H19N2O3P.C7H5FO/c1-8(11(15)16)14-7-13-6-9-2-4-10(12)5-3-9;1-8(9(12)15)11-14-7-5-3-2-4-6-13-10;8-7-3-1-6(5-9)2-4-7/h2-6H,7,16H2,1H3;2-7,10,15H2,1H3;1-5H/b;11-8-;. The van der Waals surface area contributed by atoms with Gasteiger partial charge in [-0.1, -0.05) is 42.2 Å². The lowest BCUT2D eigenvalue weighted by Gasteiger charge is -2.00. The van der Waals surface area contributed by atoms with Gasteiger partial charge in [-0.15, -0.1) is 0 Å². The van der Waals surface area contributed by atoms with Crippen LogP contribution in [0.3, 0.4) is 0 Å². The Morgan fingerprint density at radius 2 is 1.32 bits per heavy atom. The monoisotopic (exact) mass is 596 g/mol. The summed E-state index contributed by atoms with van der Waals surface area (Å²) in [5.41, 5.74) is 1.80. The third kappa shape index (κ3) is 20.8. The number of hydrogen-bond acceptors (Lipinski definition) is 9. The van der Waals surface area contributed by atoms with Crippen molar-refractivity contribution in [2.24, 2.45) is 21.0 Å². The Hall–Kier alpha value is -3.10. The fourth-order valence-electron chi connectivity index (χ4n) is 2.35. The van der Waals surface area contributed by atoms with Crippen LogP contribution in [0, 0.1) is 11.6 Å². The summed E-state index contributed by atoms with van der Waals surface area (Å²) in [6.07, 6.45) is 6.26. The molecule has 0 aliphatic carbocycles. The van der Waals surface area contributed by atoms with Gasteiger partial charge < -0.3 is 9.68 Å². The van der Waals surface area contributed by atoms with E-state index in [1.54, 1.807) is 32.2 Å². The predicted molar refractivity (Wildman–Crippen MR) is 161 cm³/mol. The van der Waals surface area contributed by atoms with Gasteiger partial charge in [0.2, 0.25) is 0 Å². The van der Waals surface area contributed by atoms with Gasteiger partial charge in [-0.2, -0.15) is 0 Å². The number of carbonyl (C=O) groups is 3. The summed E-state index contributed by atoms with van der Waals surface area (Å²) in [6.45, 7) is 4.58. The fraction of sp³-hybridized carbons (Fsp3) is 0.333. The minimum atomic E-state index is -0.319. The lowest BCUT2D eigenvalue weighted by Crippen LogP contribution is -2.02. The molecule has 0 radical (unpaired) electrons. The van der Waals surface area contributed by atoms with Crippen molar-refractivity contribution < 1.29 is 32.8 Å². The molecule has 2 aromatic rings. The smallest absolute Gasteiger partial charge is 0.195 e. The predicted octanol–water partition coefficient (Wildman–Crippen LogP) is 4.93. The molecular formula is C27H36F2N4O5P2. The first-order chi connectivity index (χ1) is 19.1. The van der Waals surface area contributed by atoms with E-state index in [1.165, 1.54) is 36.4 Å². The van der Waals surface area contributed by atoms with E-state index in [-0.39, 0.29) is 29.4 Å². The Balaban J connectivity index is 0.000000592. The van der Waals surface area contributed by atoms with Gasteiger partial charge in [0, 0.05) is 11.8 Å². The molecule has 2 atom stereocenters. The van der Waals surface area contributed by atoms with Gasteiger partial charge in [0.1, 0.15) is 36.9 Å². The molecule has 2 N–H and O–H groups in total. The van der Waals surface area contributed by atoms with E-state index in [4.69, 9.17) is 10.7 Å². The van der Waals surface area contributed by atoms with Gasteiger partial charge in [0.25, 0.3) is 0 Å². The molecule has 2 unspecified atom stereocenters. The van der Waals surface area contributed by atoms with E-state index in [9.17, 15) is 23.2 Å². The number of nitrogens with zero attached hydrogens (tertiary/aromatic N) is 3. The average Bonchev–Trinajstić information content (AvgIpc) is 2.94. The SMILES string of the molecule is C/C(=N/OCCCCCCON)C(=O)P.CC(=NCN=Cc1ccc(F)cc1)C(=O)P.O=Cc1ccc(F)cc1. The van der Waals surface area contributed by atoms with Gasteiger partial charge in [0.15, 0.2) is 11.0 Å². The molecular weight excluding hydrogens is 560 g/mol. The van der Waals surface area contributed by atoms with E-state index in [2.05, 4.69) is 20.0 Å². The molecule has 0 heterocycles. The molecule has 0 aromatic heterocycles. The van der Waals surface area contributed by atoms with Crippen LogP contribution in [0.15, 0.2) is 63.7 Å². The molecule has 13 heteroatoms. The van der Waals surface area contributed by atoms with E-state index < -0.39 is 0 Å². The van der Waals surface area contributed by atoms with Crippen LogP contribution in [-0.2, 0) is 19.3 Å². The first kappa shape index (κ1) is 36.9. The molecule has 0 aliphatic rings. The number of halogens is 2. The second-order valence-electron chi connectivity index (χ2n) is 7.94.